The monoisotopic (exact) mass is 271 g/mol. The SMILES string of the molecule is COCCCN1CCN(C(=O)NCCC(C)C)CC1. The number of urea groups is 1. The van der Waals surface area contributed by atoms with E-state index >= 15 is 0 Å². The van der Waals surface area contributed by atoms with Crippen molar-refractivity contribution >= 4 is 6.03 Å². The first-order valence-corrected chi connectivity index (χ1v) is 7.37. The lowest BCUT2D eigenvalue weighted by atomic mass is 10.1. The van der Waals surface area contributed by atoms with Gasteiger partial charge in [0.05, 0.1) is 0 Å². The van der Waals surface area contributed by atoms with Gasteiger partial charge >= 0.3 is 6.03 Å². The first-order chi connectivity index (χ1) is 9.13. The van der Waals surface area contributed by atoms with Crippen molar-refractivity contribution in [2.75, 3.05) is 53.0 Å². The van der Waals surface area contributed by atoms with Gasteiger partial charge < -0.3 is 15.0 Å². The largest absolute Gasteiger partial charge is 0.385 e. The topological polar surface area (TPSA) is 44.8 Å². The fourth-order valence-electron chi connectivity index (χ4n) is 2.19. The smallest absolute Gasteiger partial charge is 0.317 e. The Morgan fingerprint density at radius 2 is 1.95 bits per heavy atom. The molecule has 0 unspecified atom stereocenters. The van der Waals surface area contributed by atoms with Crippen LogP contribution < -0.4 is 5.32 Å². The highest BCUT2D eigenvalue weighted by Crippen LogP contribution is 2.03. The van der Waals surface area contributed by atoms with Gasteiger partial charge in [0, 0.05) is 53.0 Å². The molecular formula is C14H29N3O2. The van der Waals surface area contributed by atoms with Crippen molar-refractivity contribution in [3.05, 3.63) is 0 Å². The zero-order valence-corrected chi connectivity index (χ0v) is 12.7. The summed E-state index contributed by atoms with van der Waals surface area (Å²) in [6.07, 6.45) is 2.11. The minimum atomic E-state index is 0.0946. The Morgan fingerprint density at radius 1 is 1.26 bits per heavy atom. The first kappa shape index (κ1) is 16.2. The van der Waals surface area contributed by atoms with E-state index in [0.29, 0.717) is 5.92 Å². The van der Waals surface area contributed by atoms with E-state index < -0.39 is 0 Å². The van der Waals surface area contributed by atoms with Gasteiger partial charge in [-0.05, 0) is 18.8 Å². The van der Waals surface area contributed by atoms with Gasteiger partial charge in [0.25, 0.3) is 0 Å². The Morgan fingerprint density at radius 3 is 2.53 bits per heavy atom. The number of nitrogens with one attached hydrogen (secondary N) is 1. The second-order valence-corrected chi connectivity index (χ2v) is 5.59. The van der Waals surface area contributed by atoms with Gasteiger partial charge in [-0.2, -0.15) is 0 Å². The van der Waals surface area contributed by atoms with Gasteiger partial charge in [0.1, 0.15) is 0 Å². The minimum Gasteiger partial charge on any atom is -0.385 e. The quantitative estimate of drug-likeness (QED) is 0.712. The van der Waals surface area contributed by atoms with Crippen LogP contribution in [-0.2, 0) is 4.74 Å². The molecule has 0 saturated carbocycles. The standard InChI is InChI=1S/C14H29N3O2/c1-13(2)5-6-15-14(18)17-10-8-16(9-11-17)7-4-12-19-3/h13H,4-12H2,1-3H3,(H,15,18). The maximum atomic E-state index is 11.9. The van der Waals surface area contributed by atoms with Crippen molar-refractivity contribution in [3.63, 3.8) is 0 Å². The summed E-state index contributed by atoms with van der Waals surface area (Å²) in [5, 5.41) is 3.00. The summed E-state index contributed by atoms with van der Waals surface area (Å²) in [6.45, 7) is 10.6. The molecule has 1 aliphatic rings. The molecule has 0 spiro atoms. The molecule has 0 radical (unpaired) electrons. The molecule has 1 fully saturated rings. The number of hydrogen-bond donors (Lipinski definition) is 1. The van der Waals surface area contributed by atoms with Gasteiger partial charge in [-0.3, -0.25) is 4.90 Å². The number of rotatable bonds is 7. The van der Waals surface area contributed by atoms with E-state index in [-0.39, 0.29) is 6.03 Å². The van der Waals surface area contributed by atoms with Crippen LogP contribution in [0.25, 0.3) is 0 Å². The lowest BCUT2D eigenvalue weighted by molar-refractivity contribution is 0.125. The van der Waals surface area contributed by atoms with Crippen LogP contribution in [0.1, 0.15) is 26.7 Å². The van der Waals surface area contributed by atoms with Crippen LogP contribution in [0.4, 0.5) is 4.79 Å². The third kappa shape index (κ3) is 6.78. The van der Waals surface area contributed by atoms with Gasteiger partial charge in [-0.25, -0.2) is 4.79 Å². The Balaban J connectivity index is 2.12. The zero-order chi connectivity index (χ0) is 14.1. The summed E-state index contributed by atoms with van der Waals surface area (Å²) in [5.41, 5.74) is 0. The molecule has 19 heavy (non-hydrogen) atoms. The van der Waals surface area contributed by atoms with Gasteiger partial charge in [-0.1, -0.05) is 13.8 Å². The molecule has 1 saturated heterocycles. The second kappa shape index (κ2) is 9.15. The van der Waals surface area contributed by atoms with E-state index in [4.69, 9.17) is 4.74 Å². The maximum Gasteiger partial charge on any atom is 0.317 e. The van der Waals surface area contributed by atoms with E-state index in [9.17, 15) is 4.79 Å². The van der Waals surface area contributed by atoms with Gasteiger partial charge in [0.2, 0.25) is 0 Å². The maximum absolute atomic E-state index is 11.9. The summed E-state index contributed by atoms with van der Waals surface area (Å²) in [7, 11) is 1.74. The Hall–Kier alpha value is -0.810. The molecule has 0 aliphatic carbocycles. The normalized spacial score (nSPS) is 16.9. The van der Waals surface area contributed by atoms with Crippen LogP contribution in [0, 0.1) is 5.92 Å². The second-order valence-electron chi connectivity index (χ2n) is 5.59. The summed E-state index contributed by atoms with van der Waals surface area (Å²) >= 11 is 0. The summed E-state index contributed by atoms with van der Waals surface area (Å²) in [4.78, 5) is 16.2. The number of carbonyl (C=O) groups excluding carboxylic acids is 1. The lowest BCUT2D eigenvalue weighted by Gasteiger charge is -2.34. The highest BCUT2D eigenvalue weighted by Gasteiger charge is 2.20. The number of ether oxygens (including phenoxy) is 1. The molecule has 1 heterocycles. The molecule has 5 nitrogen and oxygen atoms in total. The fraction of sp³-hybridized carbons (Fsp3) is 0.929. The number of hydrogen-bond acceptors (Lipinski definition) is 3. The molecule has 1 N–H and O–H groups in total. The van der Waals surface area contributed by atoms with E-state index in [0.717, 1.165) is 58.7 Å². The van der Waals surface area contributed by atoms with Crippen molar-refractivity contribution < 1.29 is 9.53 Å². The van der Waals surface area contributed by atoms with Crippen molar-refractivity contribution in [2.24, 2.45) is 5.92 Å². The third-order valence-electron chi connectivity index (χ3n) is 3.48. The number of nitrogens with zero attached hydrogens (tertiary/aromatic N) is 2. The molecule has 1 aliphatic heterocycles. The average Bonchev–Trinajstić information content (AvgIpc) is 2.39. The highest BCUT2D eigenvalue weighted by atomic mass is 16.5. The first-order valence-electron chi connectivity index (χ1n) is 7.37. The van der Waals surface area contributed by atoms with Gasteiger partial charge in [0.15, 0.2) is 0 Å². The summed E-state index contributed by atoms with van der Waals surface area (Å²) < 4.78 is 5.05. The van der Waals surface area contributed by atoms with Crippen molar-refractivity contribution in [3.8, 4) is 0 Å². The molecule has 5 heteroatoms. The zero-order valence-electron chi connectivity index (χ0n) is 12.7. The van der Waals surface area contributed by atoms with Crippen molar-refractivity contribution in [1.82, 2.24) is 15.1 Å². The highest BCUT2D eigenvalue weighted by molar-refractivity contribution is 5.74. The molecule has 1 rings (SSSR count). The number of amides is 2. The summed E-state index contributed by atoms with van der Waals surface area (Å²) in [6, 6.07) is 0.0946. The van der Waals surface area contributed by atoms with Crippen molar-refractivity contribution in [1.29, 1.82) is 0 Å². The Labute approximate surface area is 117 Å². The van der Waals surface area contributed by atoms with Crippen LogP contribution in [0.15, 0.2) is 0 Å². The van der Waals surface area contributed by atoms with Crippen LogP contribution in [0.5, 0.6) is 0 Å². The molecule has 0 bridgehead atoms. The Kier molecular flexibility index (Phi) is 7.82. The number of carbonyl (C=O) groups is 1. The lowest BCUT2D eigenvalue weighted by Crippen LogP contribution is -2.52. The predicted octanol–water partition coefficient (Wildman–Crippen LogP) is 1.40. The average molecular weight is 271 g/mol. The van der Waals surface area contributed by atoms with Crippen LogP contribution in [0.3, 0.4) is 0 Å². The Bertz CT molecular complexity index is 251. The molecule has 0 aromatic rings. The molecular weight excluding hydrogens is 242 g/mol. The van der Waals surface area contributed by atoms with Crippen LogP contribution >= 0.6 is 0 Å². The predicted molar refractivity (Wildman–Crippen MR) is 77.4 cm³/mol. The van der Waals surface area contributed by atoms with E-state index in [1.54, 1.807) is 7.11 Å². The number of methoxy groups -OCH3 is 1. The molecule has 2 amide bonds. The molecule has 0 aromatic carbocycles. The van der Waals surface area contributed by atoms with E-state index in [2.05, 4.69) is 24.1 Å². The van der Waals surface area contributed by atoms with E-state index in [1.807, 2.05) is 4.90 Å². The summed E-state index contributed by atoms with van der Waals surface area (Å²) in [5.74, 6) is 0.637. The minimum absolute atomic E-state index is 0.0946. The molecule has 0 atom stereocenters. The third-order valence-corrected chi connectivity index (χ3v) is 3.48. The van der Waals surface area contributed by atoms with Crippen LogP contribution in [-0.4, -0.2) is 68.8 Å². The molecule has 0 aromatic heterocycles. The van der Waals surface area contributed by atoms with Crippen LogP contribution in [0.2, 0.25) is 0 Å². The van der Waals surface area contributed by atoms with Crippen molar-refractivity contribution in [2.45, 2.75) is 26.7 Å². The molecule has 112 valence electrons. The van der Waals surface area contributed by atoms with Gasteiger partial charge in [-0.15, -0.1) is 0 Å². The van der Waals surface area contributed by atoms with E-state index in [1.165, 1.54) is 0 Å². The number of piperazine rings is 1. The fourth-order valence-corrected chi connectivity index (χ4v) is 2.19.